The van der Waals surface area contributed by atoms with Gasteiger partial charge in [0, 0.05) is 44.1 Å². The van der Waals surface area contributed by atoms with Gasteiger partial charge in [-0.3, -0.25) is 0 Å². The topological polar surface area (TPSA) is 57.7 Å². The monoisotopic (exact) mass is 253 g/mol. The van der Waals surface area contributed by atoms with E-state index in [1.54, 1.807) is 12.3 Å². The van der Waals surface area contributed by atoms with E-state index in [1.165, 1.54) is 0 Å². The zero-order valence-corrected chi connectivity index (χ0v) is 10.8. The SMILES string of the molecule is Cc1nccn1CC1CN(c2ncccc2C#N)C1. The molecule has 0 N–H and O–H groups in total. The molecule has 1 aliphatic rings. The Kier molecular flexibility index (Phi) is 2.92. The highest BCUT2D eigenvalue weighted by Crippen LogP contribution is 2.26. The highest BCUT2D eigenvalue weighted by molar-refractivity contribution is 5.55. The molecule has 1 saturated heterocycles. The first kappa shape index (κ1) is 11.7. The van der Waals surface area contributed by atoms with Gasteiger partial charge in [0.05, 0.1) is 5.56 Å². The largest absolute Gasteiger partial charge is 0.355 e. The molecule has 5 heteroatoms. The van der Waals surface area contributed by atoms with Crippen LogP contribution >= 0.6 is 0 Å². The van der Waals surface area contributed by atoms with E-state index >= 15 is 0 Å². The fourth-order valence-electron chi connectivity index (χ4n) is 2.47. The van der Waals surface area contributed by atoms with Gasteiger partial charge in [-0.25, -0.2) is 9.97 Å². The third-order valence-electron chi connectivity index (χ3n) is 3.54. The van der Waals surface area contributed by atoms with Crippen LogP contribution in [-0.2, 0) is 6.54 Å². The molecule has 2 aromatic heterocycles. The van der Waals surface area contributed by atoms with Crippen molar-refractivity contribution in [1.29, 1.82) is 5.26 Å². The van der Waals surface area contributed by atoms with Gasteiger partial charge in [-0.15, -0.1) is 0 Å². The molecular weight excluding hydrogens is 238 g/mol. The normalized spacial score (nSPS) is 15.1. The minimum absolute atomic E-state index is 0.599. The summed E-state index contributed by atoms with van der Waals surface area (Å²) in [5.41, 5.74) is 0.653. The molecule has 0 saturated carbocycles. The van der Waals surface area contributed by atoms with Crippen LogP contribution in [0, 0.1) is 24.2 Å². The minimum atomic E-state index is 0.599. The number of aromatic nitrogens is 3. The van der Waals surface area contributed by atoms with Gasteiger partial charge < -0.3 is 9.47 Å². The molecule has 0 unspecified atom stereocenters. The molecule has 0 aliphatic carbocycles. The first-order valence-electron chi connectivity index (χ1n) is 6.35. The van der Waals surface area contributed by atoms with E-state index in [9.17, 15) is 0 Å². The lowest BCUT2D eigenvalue weighted by Gasteiger charge is -2.40. The van der Waals surface area contributed by atoms with E-state index in [0.29, 0.717) is 11.5 Å². The minimum Gasteiger partial charge on any atom is -0.355 e. The predicted octanol–water partition coefficient (Wildman–Crippen LogP) is 1.59. The zero-order valence-electron chi connectivity index (χ0n) is 10.8. The first-order chi connectivity index (χ1) is 9.28. The van der Waals surface area contributed by atoms with E-state index in [2.05, 4.69) is 25.5 Å². The van der Waals surface area contributed by atoms with Crippen molar-refractivity contribution in [3.63, 3.8) is 0 Å². The summed E-state index contributed by atoms with van der Waals surface area (Å²) < 4.78 is 2.17. The Labute approximate surface area is 112 Å². The van der Waals surface area contributed by atoms with Gasteiger partial charge in [0.2, 0.25) is 0 Å². The molecule has 0 aromatic carbocycles. The zero-order chi connectivity index (χ0) is 13.2. The second kappa shape index (κ2) is 4.73. The van der Waals surface area contributed by atoms with Gasteiger partial charge in [-0.05, 0) is 19.1 Å². The maximum Gasteiger partial charge on any atom is 0.146 e. The van der Waals surface area contributed by atoms with Crippen LogP contribution < -0.4 is 4.90 Å². The first-order valence-corrected chi connectivity index (χ1v) is 6.35. The second-order valence-corrected chi connectivity index (χ2v) is 4.88. The van der Waals surface area contributed by atoms with Crippen LogP contribution in [0.25, 0.3) is 0 Å². The van der Waals surface area contributed by atoms with Crippen molar-refractivity contribution in [1.82, 2.24) is 14.5 Å². The second-order valence-electron chi connectivity index (χ2n) is 4.88. The van der Waals surface area contributed by atoms with Crippen LogP contribution in [0.15, 0.2) is 30.7 Å². The molecule has 3 rings (SSSR count). The fourth-order valence-corrected chi connectivity index (χ4v) is 2.47. The van der Waals surface area contributed by atoms with Crippen molar-refractivity contribution in [2.45, 2.75) is 13.5 Å². The van der Waals surface area contributed by atoms with E-state index < -0.39 is 0 Å². The van der Waals surface area contributed by atoms with Crippen LogP contribution in [0.2, 0.25) is 0 Å². The summed E-state index contributed by atoms with van der Waals surface area (Å²) in [4.78, 5) is 10.7. The molecule has 19 heavy (non-hydrogen) atoms. The van der Waals surface area contributed by atoms with Crippen LogP contribution in [0.4, 0.5) is 5.82 Å². The average Bonchev–Trinajstić information content (AvgIpc) is 2.79. The Morgan fingerprint density at radius 2 is 2.21 bits per heavy atom. The summed E-state index contributed by atoms with van der Waals surface area (Å²) in [6.45, 7) is 4.90. The number of nitrogens with zero attached hydrogens (tertiary/aromatic N) is 5. The number of pyridine rings is 1. The summed E-state index contributed by atoms with van der Waals surface area (Å²) in [5.74, 6) is 2.46. The third kappa shape index (κ3) is 2.17. The summed E-state index contributed by atoms with van der Waals surface area (Å²) in [6.07, 6.45) is 5.58. The van der Waals surface area contributed by atoms with Crippen molar-refractivity contribution in [3.05, 3.63) is 42.1 Å². The van der Waals surface area contributed by atoms with Gasteiger partial charge >= 0.3 is 0 Å². The van der Waals surface area contributed by atoms with E-state index in [-0.39, 0.29) is 0 Å². The van der Waals surface area contributed by atoms with Gasteiger partial charge in [0.25, 0.3) is 0 Å². The molecule has 1 fully saturated rings. The number of hydrogen-bond donors (Lipinski definition) is 0. The Morgan fingerprint density at radius 1 is 1.37 bits per heavy atom. The number of hydrogen-bond acceptors (Lipinski definition) is 4. The van der Waals surface area contributed by atoms with Crippen molar-refractivity contribution >= 4 is 5.82 Å². The molecule has 96 valence electrons. The predicted molar refractivity (Wildman–Crippen MR) is 71.6 cm³/mol. The third-order valence-corrected chi connectivity index (χ3v) is 3.54. The van der Waals surface area contributed by atoms with Crippen LogP contribution in [0.1, 0.15) is 11.4 Å². The van der Waals surface area contributed by atoms with E-state index in [0.717, 1.165) is 31.3 Å². The summed E-state index contributed by atoms with van der Waals surface area (Å²) >= 11 is 0. The molecule has 0 radical (unpaired) electrons. The molecule has 0 bridgehead atoms. The molecule has 1 aliphatic heterocycles. The maximum absolute atomic E-state index is 9.07. The van der Waals surface area contributed by atoms with Crippen molar-refractivity contribution in [3.8, 4) is 6.07 Å². The molecule has 0 atom stereocenters. The van der Waals surface area contributed by atoms with E-state index in [1.807, 2.05) is 25.4 Å². The lowest BCUT2D eigenvalue weighted by atomic mass is 9.99. The number of nitriles is 1. The summed E-state index contributed by atoms with van der Waals surface area (Å²) in [5, 5.41) is 9.07. The molecule has 0 spiro atoms. The fraction of sp³-hybridized carbons (Fsp3) is 0.357. The van der Waals surface area contributed by atoms with Crippen molar-refractivity contribution in [2.75, 3.05) is 18.0 Å². The summed E-state index contributed by atoms with van der Waals surface area (Å²) in [7, 11) is 0. The van der Waals surface area contributed by atoms with Gasteiger partial charge in [-0.1, -0.05) is 0 Å². The lowest BCUT2D eigenvalue weighted by Crippen LogP contribution is -2.49. The molecule has 2 aromatic rings. The Hall–Kier alpha value is -2.35. The lowest BCUT2D eigenvalue weighted by molar-refractivity contribution is 0.352. The van der Waals surface area contributed by atoms with Crippen LogP contribution in [-0.4, -0.2) is 27.6 Å². The molecular formula is C14H15N5. The van der Waals surface area contributed by atoms with Crippen molar-refractivity contribution < 1.29 is 0 Å². The van der Waals surface area contributed by atoms with Gasteiger partial charge in [0.15, 0.2) is 0 Å². The van der Waals surface area contributed by atoms with Gasteiger partial charge in [0.1, 0.15) is 17.7 Å². The van der Waals surface area contributed by atoms with E-state index in [4.69, 9.17) is 5.26 Å². The quantitative estimate of drug-likeness (QED) is 0.833. The van der Waals surface area contributed by atoms with Crippen LogP contribution in [0.5, 0.6) is 0 Å². The molecule has 5 nitrogen and oxygen atoms in total. The Bertz CT molecular complexity index is 619. The summed E-state index contributed by atoms with van der Waals surface area (Å²) in [6, 6.07) is 5.81. The maximum atomic E-state index is 9.07. The van der Waals surface area contributed by atoms with Gasteiger partial charge in [-0.2, -0.15) is 5.26 Å². The number of imidazole rings is 1. The highest BCUT2D eigenvalue weighted by atomic mass is 15.2. The molecule has 0 amide bonds. The number of anilines is 1. The number of aryl methyl sites for hydroxylation is 1. The standard InChI is InChI=1S/C14H15N5/c1-11-16-5-6-18(11)8-12-9-19(10-12)14-13(7-15)3-2-4-17-14/h2-6,12H,8-10H2,1H3. The Balaban J connectivity index is 1.64. The Morgan fingerprint density at radius 3 is 2.89 bits per heavy atom. The highest BCUT2D eigenvalue weighted by Gasteiger charge is 2.29. The van der Waals surface area contributed by atoms with Crippen molar-refractivity contribution in [2.24, 2.45) is 5.92 Å². The number of rotatable bonds is 3. The smallest absolute Gasteiger partial charge is 0.146 e. The van der Waals surface area contributed by atoms with Crippen LogP contribution in [0.3, 0.4) is 0 Å². The average molecular weight is 253 g/mol. The molecule has 3 heterocycles.